The topological polar surface area (TPSA) is 38.7 Å². The van der Waals surface area contributed by atoms with Gasteiger partial charge in [-0.05, 0) is 127 Å². The van der Waals surface area contributed by atoms with Crippen LogP contribution in [0.2, 0.25) is 0 Å². The van der Waals surface area contributed by atoms with Gasteiger partial charge >= 0.3 is 0 Å². The summed E-state index contributed by atoms with van der Waals surface area (Å²) < 4.78 is 14.4. The zero-order valence-electron chi connectivity index (χ0n) is 28.9. The number of ether oxygens (including phenoxy) is 2. The largest absolute Gasteiger partial charge is 0.396 e. The highest BCUT2D eigenvalue weighted by Gasteiger charge is 2.42. The summed E-state index contributed by atoms with van der Waals surface area (Å²) in [5.41, 5.74) is -0.374. The van der Waals surface area contributed by atoms with E-state index in [9.17, 15) is 5.11 Å². The highest BCUT2D eigenvalue weighted by atomic mass is 32.2. The van der Waals surface area contributed by atoms with Gasteiger partial charge < -0.3 is 14.6 Å². The van der Waals surface area contributed by atoms with Crippen molar-refractivity contribution >= 4 is 134 Å². The lowest BCUT2D eigenvalue weighted by Gasteiger charge is -2.44. The van der Waals surface area contributed by atoms with E-state index in [0.29, 0.717) is 0 Å². The monoisotopic (exact) mass is 864 g/mol. The van der Waals surface area contributed by atoms with E-state index in [2.05, 4.69) is 63.1 Å². The van der Waals surface area contributed by atoms with Gasteiger partial charge in [0.15, 0.2) is 0 Å². The fourth-order valence-electron chi connectivity index (χ4n) is 5.47. The maximum Gasteiger partial charge on any atom is 0.0710 e. The van der Waals surface area contributed by atoms with Crippen LogP contribution in [0, 0.1) is 0 Å². The van der Waals surface area contributed by atoms with Gasteiger partial charge in [0.25, 0.3) is 0 Å². The average molecular weight is 866 g/mol. The van der Waals surface area contributed by atoms with E-state index in [1.165, 1.54) is 12.8 Å². The molecule has 0 aliphatic heterocycles. The van der Waals surface area contributed by atoms with Crippen LogP contribution in [0.5, 0.6) is 0 Å². The van der Waals surface area contributed by atoms with E-state index >= 15 is 0 Å². The molecule has 0 aliphatic rings. The van der Waals surface area contributed by atoms with Crippen LogP contribution in [0.25, 0.3) is 0 Å². The number of hydrogen-bond acceptors (Lipinski definition) is 14. The van der Waals surface area contributed by atoms with E-state index in [-0.39, 0.29) is 17.8 Å². The Morgan fingerprint density at radius 2 is 0.660 bits per heavy atom. The molecule has 0 unspecified atom stereocenters. The molecule has 0 aromatic carbocycles. The fraction of sp³-hybridized carbons (Fsp3) is 1.00. The van der Waals surface area contributed by atoms with Crippen LogP contribution in [-0.2, 0) is 9.47 Å². The van der Waals surface area contributed by atoms with Gasteiger partial charge in [-0.1, -0.05) is 0 Å². The van der Waals surface area contributed by atoms with Crippen molar-refractivity contribution in [3.8, 4) is 0 Å². The van der Waals surface area contributed by atoms with Crippen LogP contribution < -0.4 is 0 Å². The first kappa shape index (κ1) is 50.7. The Labute approximate surface area is 344 Å². The van der Waals surface area contributed by atoms with Gasteiger partial charge in [-0.15, -0.1) is 0 Å². The van der Waals surface area contributed by atoms with Crippen molar-refractivity contribution in [2.24, 2.45) is 0 Å². The van der Waals surface area contributed by atoms with Crippen molar-refractivity contribution in [1.29, 1.82) is 0 Å². The molecule has 0 heterocycles. The quantitative estimate of drug-likeness (QED) is 0.0267. The van der Waals surface area contributed by atoms with Gasteiger partial charge in [-0.2, -0.15) is 134 Å². The molecule has 0 bridgehead atoms. The third-order valence-corrected chi connectivity index (χ3v) is 16.5. The Morgan fingerprint density at radius 3 is 0.936 bits per heavy atom. The van der Waals surface area contributed by atoms with Crippen molar-refractivity contribution in [2.75, 3.05) is 118 Å². The van der Waals surface area contributed by atoms with Crippen LogP contribution in [0.1, 0.15) is 70.6 Å². The van der Waals surface area contributed by atoms with Gasteiger partial charge in [-0.3, -0.25) is 0 Å². The van der Waals surface area contributed by atoms with Crippen molar-refractivity contribution in [1.82, 2.24) is 0 Å². The third kappa shape index (κ3) is 31.8. The molecule has 0 radical (unpaired) electrons. The van der Waals surface area contributed by atoms with Crippen molar-refractivity contribution in [3.05, 3.63) is 0 Å². The fourth-order valence-corrected chi connectivity index (χ4v) is 11.4. The second-order valence-corrected chi connectivity index (χ2v) is 21.0. The first-order chi connectivity index (χ1) is 23.1. The number of hydrogen-bond donors (Lipinski definition) is 6. The molecule has 0 rings (SSSR count). The molecule has 0 saturated carbocycles. The summed E-state index contributed by atoms with van der Waals surface area (Å²) in [6, 6.07) is 0. The molecule has 0 spiro atoms. The maximum absolute atomic E-state index is 9.27. The van der Waals surface area contributed by atoms with Crippen LogP contribution in [-0.4, -0.2) is 134 Å². The van der Waals surface area contributed by atoms with Gasteiger partial charge in [0.05, 0.1) is 17.8 Å². The molecule has 0 amide bonds. The number of aliphatic hydroxyl groups is 1. The van der Waals surface area contributed by atoms with Crippen molar-refractivity contribution < 1.29 is 14.6 Å². The predicted molar refractivity (Wildman–Crippen MR) is 248 cm³/mol. The summed E-state index contributed by atoms with van der Waals surface area (Å²) in [5.74, 6) is 17.8. The lowest BCUT2D eigenvalue weighted by molar-refractivity contribution is -0.143. The van der Waals surface area contributed by atoms with Gasteiger partial charge in [-0.25, -0.2) is 0 Å². The van der Waals surface area contributed by atoms with E-state index in [0.717, 1.165) is 169 Å². The molecule has 0 aromatic rings. The first-order valence-corrected chi connectivity index (χ1v) is 27.6. The molecule has 284 valence electrons. The zero-order valence-corrected chi connectivity index (χ0v) is 38.2. The summed E-state index contributed by atoms with van der Waals surface area (Å²) in [6.45, 7) is 1.84. The van der Waals surface area contributed by atoms with Crippen LogP contribution in [0.3, 0.4) is 0 Å². The minimum atomic E-state index is -0.193. The second-order valence-electron chi connectivity index (χ2n) is 11.4. The molecular weight excluding hydrogens is 797 g/mol. The SMILES string of the molecule is OCCSCCCOC(CCCSCCS)(CCCSCCS)CC(CCCSCCS)(CCCSCCS)OCCCSCCS. The summed E-state index contributed by atoms with van der Waals surface area (Å²) in [4.78, 5) is 0. The molecule has 47 heavy (non-hydrogen) atoms. The minimum absolute atomic E-state index is 0.181. The first-order valence-electron chi connectivity index (χ1n) is 17.5. The average Bonchev–Trinajstić information content (AvgIpc) is 3.07. The maximum atomic E-state index is 9.27. The van der Waals surface area contributed by atoms with Gasteiger partial charge in [0.2, 0.25) is 0 Å². The molecule has 0 fully saturated rings. The number of thiol groups is 5. The van der Waals surface area contributed by atoms with E-state index < -0.39 is 0 Å². The molecule has 0 aromatic heterocycles. The molecule has 3 nitrogen and oxygen atoms in total. The number of thioether (sulfide) groups is 6. The Kier molecular flexibility index (Phi) is 42.6. The third-order valence-electron chi connectivity index (χ3n) is 7.42. The van der Waals surface area contributed by atoms with Crippen LogP contribution >= 0.6 is 134 Å². The van der Waals surface area contributed by atoms with E-state index in [1.807, 2.05) is 70.6 Å². The Bertz CT molecular complexity index is 548. The molecule has 1 N–H and O–H groups in total. The Hall–Kier alpha value is 3.73. The standard InChI is InChI=1S/C33H68O3S11/c34-11-25-42-23-5-12-35-32(7-1-19-43-26-14-37,8-2-20-44-27-15-38)31-33(9-3-21-45-28-16-39,10-4-22-46-29-17-40)36-13-6-24-47-30-18-41/h34,37-41H,1-31H2. The molecular formula is C33H68O3S11. The highest BCUT2D eigenvalue weighted by molar-refractivity contribution is 8.01. The Morgan fingerprint density at radius 1 is 0.383 bits per heavy atom. The lowest BCUT2D eigenvalue weighted by Crippen LogP contribution is -2.46. The zero-order chi connectivity index (χ0) is 34.6. The van der Waals surface area contributed by atoms with Crippen LogP contribution in [0.4, 0.5) is 0 Å². The van der Waals surface area contributed by atoms with Crippen LogP contribution in [0.15, 0.2) is 0 Å². The second kappa shape index (κ2) is 39.4. The molecule has 14 heteroatoms. The van der Waals surface area contributed by atoms with E-state index in [4.69, 9.17) is 9.47 Å². The molecule has 0 aliphatic carbocycles. The molecule has 0 atom stereocenters. The van der Waals surface area contributed by atoms with E-state index in [1.54, 1.807) is 0 Å². The lowest BCUT2D eigenvalue weighted by atomic mass is 9.76. The van der Waals surface area contributed by atoms with Crippen molar-refractivity contribution in [2.45, 2.75) is 81.8 Å². The smallest absolute Gasteiger partial charge is 0.0710 e. The minimum Gasteiger partial charge on any atom is -0.396 e. The Balaban J connectivity index is 6.26. The summed E-state index contributed by atoms with van der Waals surface area (Å²) >= 11 is 34.1. The van der Waals surface area contributed by atoms with Gasteiger partial charge in [0, 0.05) is 54.2 Å². The normalized spacial score (nSPS) is 12.4. The van der Waals surface area contributed by atoms with Crippen molar-refractivity contribution in [3.63, 3.8) is 0 Å². The summed E-state index contributed by atoms with van der Waals surface area (Å²) in [5, 5.41) is 9.27. The predicted octanol–water partition coefficient (Wildman–Crippen LogP) is 9.83. The number of aliphatic hydroxyl groups excluding tert-OH is 1. The summed E-state index contributed by atoms with van der Waals surface area (Å²) in [6.07, 6.45) is 12.1. The summed E-state index contributed by atoms with van der Waals surface area (Å²) in [7, 11) is 0. The molecule has 0 saturated heterocycles. The van der Waals surface area contributed by atoms with Gasteiger partial charge in [0.1, 0.15) is 0 Å². The number of rotatable bonds is 40. The highest BCUT2D eigenvalue weighted by Crippen LogP contribution is 2.41.